The summed E-state index contributed by atoms with van der Waals surface area (Å²) in [5.74, 6) is -0.699. The molecule has 0 unspecified atom stereocenters. The van der Waals surface area contributed by atoms with Crippen LogP contribution in [0.2, 0.25) is 0 Å². The second-order valence-electron chi connectivity index (χ2n) is 7.95. The van der Waals surface area contributed by atoms with Crippen molar-refractivity contribution in [2.75, 3.05) is 37.8 Å². The average molecular weight is 558 g/mol. The number of amides is 3. The van der Waals surface area contributed by atoms with Gasteiger partial charge in [-0.15, -0.1) is 0 Å². The van der Waals surface area contributed by atoms with Crippen LogP contribution in [0.3, 0.4) is 0 Å². The summed E-state index contributed by atoms with van der Waals surface area (Å²) in [5.41, 5.74) is 2.28. The van der Waals surface area contributed by atoms with Gasteiger partial charge in [0, 0.05) is 13.1 Å². The number of nitrogens with one attached hydrogen (secondary N) is 1. The summed E-state index contributed by atoms with van der Waals surface area (Å²) in [7, 11) is 0. The highest BCUT2D eigenvalue weighted by Gasteiger charge is 2.34. The number of rotatable bonds is 6. The van der Waals surface area contributed by atoms with Crippen LogP contribution >= 0.6 is 28.1 Å². The van der Waals surface area contributed by atoms with Crippen LogP contribution in [0.4, 0.5) is 5.69 Å². The number of hydrogen-bond donors (Lipinski definition) is 1. The SMILES string of the molecule is CCc1ccc(N2C(=O)/C(=C/c3ccc(OCC(=O)N4CCOCC4)c(Br)c3)C(=O)NC2=S)cc1. The number of anilines is 1. The maximum atomic E-state index is 13.2. The maximum Gasteiger partial charge on any atom is 0.270 e. The molecule has 10 heteroatoms. The van der Waals surface area contributed by atoms with Gasteiger partial charge in [-0.05, 0) is 76.0 Å². The molecule has 8 nitrogen and oxygen atoms in total. The van der Waals surface area contributed by atoms with Crippen molar-refractivity contribution in [3.8, 4) is 5.75 Å². The van der Waals surface area contributed by atoms with E-state index in [0.29, 0.717) is 47.8 Å². The van der Waals surface area contributed by atoms with E-state index in [-0.39, 0.29) is 23.2 Å². The van der Waals surface area contributed by atoms with Gasteiger partial charge in [-0.25, -0.2) is 0 Å². The number of carbonyl (C=O) groups is 3. The smallest absolute Gasteiger partial charge is 0.270 e. The fraction of sp³-hybridized carbons (Fsp3) is 0.280. The molecule has 2 fully saturated rings. The second-order valence-corrected chi connectivity index (χ2v) is 9.19. The first-order valence-corrected chi connectivity index (χ1v) is 12.4. The zero-order valence-corrected chi connectivity index (χ0v) is 21.5. The van der Waals surface area contributed by atoms with E-state index in [9.17, 15) is 14.4 Å². The van der Waals surface area contributed by atoms with Crippen LogP contribution in [0.1, 0.15) is 18.1 Å². The Morgan fingerprint density at radius 1 is 1.17 bits per heavy atom. The Bertz CT molecular complexity index is 1190. The summed E-state index contributed by atoms with van der Waals surface area (Å²) in [4.78, 5) is 41.1. The number of thiocarbonyl (C=S) groups is 1. The van der Waals surface area contributed by atoms with E-state index in [1.54, 1.807) is 35.2 Å². The van der Waals surface area contributed by atoms with Crippen LogP contribution in [0.5, 0.6) is 5.75 Å². The molecule has 0 aliphatic carbocycles. The van der Waals surface area contributed by atoms with Gasteiger partial charge in [0.1, 0.15) is 11.3 Å². The van der Waals surface area contributed by atoms with E-state index in [2.05, 4.69) is 21.2 Å². The Labute approximate surface area is 217 Å². The minimum Gasteiger partial charge on any atom is -0.483 e. The summed E-state index contributed by atoms with van der Waals surface area (Å²) in [6, 6.07) is 12.6. The van der Waals surface area contributed by atoms with E-state index in [1.165, 1.54) is 11.0 Å². The summed E-state index contributed by atoms with van der Waals surface area (Å²) in [5, 5.41) is 2.63. The van der Waals surface area contributed by atoms with Gasteiger partial charge in [-0.1, -0.05) is 25.1 Å². The van der Waals surface area contributed by atoms with Crippen molar-refractivity contribution >= 4 is 62.7 Å². The summed E-state index contributed by atoms with van der Waals surface area (Å²) in [6.07, 6.45) is 2.37. The zero-order valence-electron chi connectivity index (χ0n) is 19.1. The molecule has 2 aliphatic rings. The molecule has 182 valence electrons. The standard InChI is InChI=1S/C25H24BrN3O5S/c1-2-16-3-6-18(7-4-16)29-24(32)19(23(31)27-25(29)35)13-17-5-8-21(20(26)14-17)34-15-22(30)28-9-11-33-12-10-28/h3-8,13-14H,2,9-12,15H2,1H3,(H,27,31,35)/b19-13+. The van der Waals surface area contributed by atoms with Crippen molar-refractivity contribution in [1.29, 1.82) is 0 Å². The molecule has 35 heavy (non-hydrogen) atoms. The summed E-state index contributed by atoms with van der Waals surface area (Å²) < 4.78 is 11.5. The molecule has 2 heterocycles. The number of ether oxygens (including phenoxy) is 2. The number of hydrogen-bond acceptors (Lipinski definition) is 6. The third-order valence-corrected chi connectivity index (χ3v) is 6.59. The van der Waals surface area contributed by atoms with Crippen molar-refractivity contribution in [3.05, 3.63) is 63.6 Å². The van der Waals surface area contributed by atoms with Crippen LogP contribution in [0.25, 0.3) is 6.08 Å². The lowest BCUT2D eigenvalue weighted by Gasteiger charge is -2.29. The molecular weight excluding hydrogens is 534 g/mol. The lowest BCUT2D eigenvalue weighted by molar-refractivity contribution is -0.137. The van der Waals surface area contributed by atoms with Crippen molar-refractivity contribution in [2.45, 2.75) is 13.3 Å². The highest BCUT2D eigenvalue weighted by atomic mass is 79.9. The molecule has 1 N–H and O–H groups in total. The highest BCUT2D eigenvalue weighted by Crippen LogP contribution is 2.28. The summed E-state index contributed by atoms with van der Waals surface area (Å²) >= 11 is 8.71. The van der Waals surface area contributed by atoms with Crippen molar-refractivity contribution in [1.82, 2.24) is 10.2 Å². The van der Waals surface area contributed by atoms with Crippen LogP contribution in [-0.4, -0.2) is 60.6 Å². The van der Waals surface area contributed by atoms with Crippen molar-refractivity contribution in [3.63, 3.8) is 0 Å². The van der Waals surface area contributed by atoms with E-state index in [4.69, 9.17) is 21.7 Å². The van der Waals surface area contributed by atoms with Gasteiger partial charge in [0.25, 0.3) is 17.7 Å². The molecule has 0 radical (unpaired) electrons. The number of morpholine rings is 1. The number of benzene rings is 2. The predicted octanol–water partition coefficient (Wildman–Crippen LogP) is 3.08. The summed E-state index contributed by atoms with van der Waals surface area (Å²) in [6.45, 7) is 4.10. The Kier molecular flexibility index (Phi) is 7.94. The van der Waals surface area contributed by atoms with Gasteiger partial charge in [-0.3, -0.25) is 24.6 Å². The first kappa shape index (κ1) is 25.0. The minimum absolute atomic E-state index is 0.0382. The van der Waals surface area contributed by atoms with Gasteiger partial charge in [-0.2, -0.15) is 0 Å². The Balaban J connectivity index is 1.49. The number of nitrogens with zero attached hydrogens (tertiary/aromatic N) is 2. The molecule has 2 aromatic carbocycles. The first-order valence-electron chi connectivity index (χ1n) is 11.2. The number of halogens is 1. The fourth-order valence-corrected chi connectivity index (χ4v) is 4.50. The van der Waals surface area contributed by atoms with Crippen LogP contribution < -0.4 is 15.0 Å². The van der Waals surface area contributed by atoms with Crippen LogP contribution in [0.15, 0.2) is 52.5 Å². The number of aryl methyl sites for hydroxylation is 1. The molecule has 0 bridgehead atoms. The number of carbonyl (C=O) groups excluding carboxylic acids is 3. The highest BCUT2D eigenvalue weighted by molar-refractivity contribution is 9.10. The van der Waals surface area contributed by atoms with Gasteiger partial charge in [0.15, 0.2) is 11.7 Å². The topological polar surface area (TPSA) is 88.2 Å². The molecule has 2 aromatic rings. The lowest BCUT2D eigenvalue weighted by Crippen LogP contribution is -2.54. The van der Waals surface area contributed by atoms with Gasteiger partial charge < -0.3 is 14.4 Å². The third kappa shape index (κ3) is 5.77. The largest absolute Gasteiger partial charge is 0.483 e. The molecule has 2 aliphatic heterocycles. The fourth-order valence-electron chi connectivity index (χ4n) is 3.71. The van der Waals surface area contributed by atoms with Crippen molar-refractivity contribution < 1.29 is 23.9 Å². The van der Waals surface area contributed by atoms with Gasteiger partial charge in [0.05, 0.1) is 23.4 Å². The maximum absolute atomic E-state index is 13.2. The average Bonchev–Trinajstić information content (AvgIpc) is 2.86. The first-order chi connectivity index (χ1) is 16.9. The predicted molar refractivity (Wildman–Crippen MR) is 139 cm³/mol. The molecule has 2 saturated heterocycles. The lowest BCUT2D eigenvalue weighted by atomic mass is 10.1. The minimum atomic E-state index is -0.561. The molecule has 0 spiro atoms. The molecular formula is C25H24BrN3O5S. The molecule has 3 amide bonds. The normalized spacial score (nSPS) is 17.5. The van der Waals surface area contributed by atoms with E-state index >= 15 is 0 Å². The van der Waals surface area contributed by atoms with E-state index in [1.807, 2.05) is 19.1 Å². The third-order valence-electron chi connectivity index (χ3n) is 5.69. The molecule has 0 atom stereocenters. The molecule has 0 aromatic heterocycles. The van der Waals surface area contributed by atoms with Crippen LogP contribution in [0, 0.1) is 0 Å². The van der Waals surface area contributed by atoms with Gasteiger partial charge in [0.2, 0.25) is 0 Å². The quantitative estimate of drug-likeness (QED) is 0.333. The molecule has 4 rings (SSSR count). The second kappa shape index (κ2) is 11.1. The Morgan fingerprint density at radius 3 is 2.54 bits per heavy atom. The Morgan fingerprint density at radius 2 is 1.89 bits per heavy atom. The molecule has 0 saturated carbocycles. The monoisotopic (exact) mass is 557 g/mol. The van der Waals surface area contributed by atoms with E-state index < -0.39 is 11.8 Å². The van der Waals surface area contributed by atoms with Gasteiger partial charge >= 0.3 is 0 Å². The van der Waals surface area contributed by atoms with E-state index in [0.717, 1.165) is 12.0 Å². The Hall–Kier alpha value is -3.08. The van der Waals surface area contributed by atoms with Crippen LogP contribution in [-0.2, 0) is 25.5 Å². The van der Waals surface area contributed by atoms with Crippen molar-refractivity contribution in [2.24, 2.45) is 0 Å². The zero-order chi connectivity index (χ0) is 24.9.